The lowest BCUT2D eigenvalue weighted by molar-refractivity contribution is -0.140. The lowest BCUT2D eigenvalue weighted by Crippen LogP contribution is -2.53. The molecule has 0 saturated carbocycles. The molecule has 0 N–H and O–H groups in total. The topological polar surface area (TPSA) is 29.5 Å². The van der Waals surface area contributed by atoms with E-state index in [4.69, 9.17) is 4.74 Å². The number of ether oxygens (including phenoxy) is 1. The first-order chi connectivity index (χ1) is 5.24. The van der Waals surface area contributed by atoms with Crippen molar-refractivity contribution in [3.8, 4) is 0 Å². The number of amides is 1. The maximum atomic E-state index is 10.6. The first kappa shape index (κ1) is 10.4. The number of carbonyl (C=O) groups is 1. The summed E-state index contributed by atoms with van der Waals surface area (Å²) >= 11 is 0. The summed E-state index contributed by atoms with van der Waals surface area (Å²) in [6.45, 7) is 7.11. The van der Waals surface area contributed by atoms with Crippen molar-refractivity contribution in [2.75, 3.05) is 20.2 Å². The third-order valence-electron chi connectivity index (χ3n) is 1.63. The van der Waals surface area contributed by atoms with Gasteiger partial charge >= 0.3 is 0 Å². The molecule has 0 aliphatic carbocycles. The Kier molecular flexibility index (Phi) is 4.86. The molecule has 66 valence electrons. The maximum Gasteiger partial charge on any atom is 0.219 e. The number of hydrogen-bond donors (Lipinski definition) is 0. The maximum absolute atomic E-state index is 10.6. The molecule has 0 radical (unpaired) electrons. The molecule has 1 rings (SSSR count). The van der Waals surface area contributed by atoms with Crippen LogP contribution in [0.2, 0.25) is 0 Å². The van der Waals surface area contributed by atoms with Gasteiger partial charge in [-0.05, 0) is 0 Å². The van der Waals surface area contributed by atoms with Gasteiger partial charge in [-0.25, -0.2) is 0 Å². The van der Waals surface area contributed by atoms with Gasteiger partial charge in [0.05, 0.1) is 6.10 Å². The molecule has 1 saturated heterocycles. The number of hydrogen-bond acceptors (Lipinski definition) is 2. The lowest BCUT2D eigenvalue weighted by Gasteiger charge is -2.37. The van der Waals surface area contributed by atoms with Gasteiger partial charge < -0.3 is 9.64 Å². The molecule has 1 fully saturated rings. The Morgan fingerprint density at radius 1 is 1.45 bits per heavy atom. The Labute approximate surface area is 68.3 Å². The van der Waals surface area contributed by atoms with Gasteiger partial charge in [0, 0.05) is 27.1 Å². The molecule has 1 aliphatic rings. The molecule has 1 amide bonds. The summed E-state index contributed by atoms with van der Waals surface area (Å²) < 4.78 is 4.97. The van der Waals surface area contributed by atoms with E-state index in [9.17, 15) is 4.79 Å². The van der Waals surface area contributed by atoms with Gasteiger partial charge in [0.2, 0.25) is 5.91 Å². The van der Waals surface area contributed by atoms with Gasteiger partial charge in [-0.1, -0.05) is 13.8 Å². The van der Waals surface area contributed by atoms with Crippen LogP contribution in [0.15, 0.2) is 0 Å². The average molecular weight is 159 g/mol. The summed E-state index contributed by atoms with van der Waals surface area (Å²) in [4.78, 5) is 12.3. The summed E-state index contributed by atoms with van der Waals surface area (Å²) in [6, 6.07) is 0. The molecule has 0 unspecified atom stereocenters. The second-order valence-electron chi connectivity index (χ2n) is 2.28. The van der Waals surface area contributed by atoms with Gasteiger partial charge in [-0.2, -0.15) is 0 Å². The first-order valence-corrected chi connectivity index (χ1v) is 4.02. The summed E-state index contributed by atoms with van der Waals surface area (Å²) in [5.41, 5.74) is 0. The van der Waals surface area contributed by atoms with Crippen molar-refractivity contribution in [1.82, 2.24) is 4.90 Å². The highest BCUT2D eigenvalue weighted by molar-refractivity contribution is 5.74. The Morgan fingerprint density at radius 3 is 2.18 bits per heavy atom. The summed E-state index contributed by atoms with van der Waals surface area (Å²) in [7, 11) is 1.67. The fourth-order valence-corrected chi connectivity index (χ4v) is 0.844. The Balaban J connectivity index is 0.000000461. The molecule has 0 aromatic rings. The lowest BCUT2D eigenvalue weighted by atomic mass is 10.2. The molecule has 0 bridgehead atoms. The van der Waals surface area contributed by atoms with E-state index in [0.29, 0.717) is 0 Å². The van der Waals surface area contributed by atoms with E-state index < -0.39 is 0 Å². The predicted molar refractivity (Wildman–Crippen MR) is 44.4 cm³/mol. The van der Waals surface area contributed by atoms with Crippen molar-refractivity contribution in [3.05, 3.63) is 0 Å². The van der Waals surface area contributed by atoms with Crippen LogP contribution in [0.1, 0.15) is 20.8 Å². The van der Waals surface area contributed by atoms with E-state index in [1.165, 1.54) is 0 Å². The molecule has 11 heavy (non-hydrogen) atoms. The molecular weight excluding hydrogens is 142 g/mol. The SMILES string of the molecule is CC.COC1CN(C(C)=O)C1. The average Bonchev–Trinajstić information content (AvgIpc) is 1.89. The molecule has 3 nitrogen and oxygen atoms in total. The second kappa shape index (κ2) is 5.13. The van der Waals surface area contributed by atoms with E-state index in [1.54, 1.807) is 18.9 Å². The van der Waals surface area contributed by atoms with Crippen molar-refractivity contribution >= 4 is 5.91 Å². The van der Waals surface area contributed by atoms with Crippen LogP contribution in [0.4, 0.5) is 0 Å². The molecule has 0 spiro atoms. The summed E-state index contributed by atoms with van der Waals surface area (Å²) in [5.74, 6) is 0.142. The minimum atomic E-state index is 0.142. The van der Waals surface area contributed by atoms with Crippen LogP contribution in [-0.4, -0.2) is 37.1 Å². The fraction of sp³-hybridized carbons (Fsp3) is 0.875. The highest BCUT2D eigenvalue weighted by Crippen LogP contribution is 2.09. The van der Waals surface area contributed by atoms with Crippen molar-refractivity contribution in [2.24, 2.45) is 0 Å². The van der Waals surface area contributed by atoms with Crippen LogP contribution in [0.3, 0.4) is 0 Å². The third kappa shape index (κ3) is 2.89. The zero-order chi connectivity index (χ0) is 8.85. The largest absolute Gasteiger partial charge is 0.378 e. The molecule has 1 heterocycles. The summed E-state index contributed by atoms with van der Waals surface area (Å²) in [6.07, 6.45) is 0.286. The molecule has 0 aromatic carbocycles. The van der Waals surface area contributed by atoms with Gasteiger partial charge in [-0.3, -0.25) is 4.79 Å². The van der Waals surface area contributed by atoms with Crippen molar-refractivity contribution < 1.29 is 9.53 Å². The van der Waals surface area contributed by atoms with Crippen molar-refractivity contribution in [2.45, 2.75) is 26.9 Å². The van der Waals surface area contributed by atoms with Gasteiger partial charge in [0.15, 0.2) is 0 Å². The van der Waals surface area contributed by atoms with E-state index in [-0.39, 0.29) is 12.0 Å². The zero-order valence-corrected chi connectivity index (χ0v) is 7.76. The fourth-order valence-electron chi connectivity index (χ4n) is 0.844. The minimum Gasteiger partial charge on any atom is -0.378 e. The number of likely N-dealkylation sites (tertiary alicyclic amines) is 1. The number of methoxy groups -OCH3 is 1. The highest BCUT2D eigenvalue weighted by atomic mass is 16.5. The van der Waals surface area contributed by atoms with Crippen LogP contribution in [-0.2, 0) is 9.53 Å². The van der Waals surface area contributed by atoms with E-state index in [1.807, 2.05) is 13.8 Å². The predicted octanol–water partition coefficient (Wildman–Crippen LogP) is 0.890. The Bertz CT molecular complexity index is 119. The number of rotatable bonds is 1. The van der Waals surface area contributed by atoms with Crippen molar-refractivity contribution in [3.63, 3.8) is 0 Å². The molecule has 0 atom stereocenters. The van der Waals surface area contributed by atoms with E-state index in [2.05, 4.69) is 0 Å². The van der Waals surface area contributed by atoms with Crippen LogP contribution in [0, 0.1) is 0 Å². The van der Waals surface area contributed by atoms with Gasteiger partial charge in [0.1, 0.15) is 0 Å². The molecule has 0 aromatic heterocycles. The van der Waals surface area contributed by atoms with Crippen LogP contribution in [0.5, 0.6) is 0 Å². The van der Waals surface area contributed by atoms with E-state index >= 15 is 0 Å². The van der Waals surface area contributed by atoms with Crippen LogP contribution in [0.25, 0.3) is 0 Å². The number of carbonyl (C=O) groups excluding carboxylic acids is 1. The molecule has 1 aliphatic heterocycles. The van der Waals surface area contributed by atoms with Gasteiger partial charge in [0.25, 0.3) is 0 Å². The van der Waals surface area contributed by atoms with E-state index in [0.717, 1.165) is 13.1 Å². The quantitative estimate of drug-likeness (QED) is 0.568. The first-order valence-electron chi connectivity index (χ1n) is 4.02. The van der Waals surface area contributed by atoms with Crippen LogP contribution >= 0.6 is 0 Å². The van der Waals surface area contributed by atoms with Gasteiger partial charge in [-0.15, -0.1) is 0 Å². The zero-order valence-electron chi connectivity index (χ0n) is 7.76. The standard InChI is InChI=1S/C6H11NO2.C2H6/c1-5(8)7-3-6(4-7)9-2;1-2/h6H,3-4H2,1-2H3;1-2H3. The normalized spacial score (nSPS) is 16.5. The smallest absolute Gasteiger partial charge is 0.219 e. The Hall–Kier alpha value is -0.570. The molecule has 3 heteroatoms. The van der Waals surface area contributed by atoms with Crippen LogP contribution < -0.4 is 0 Å². The van der Waals surface area contributed by atoms with Crippen molar-refractivity contribution in [1.29, 1.82) is 0 Å². The Morgan fingerprint density at radius 2 is 1.91 bits per heavy atom. The third-order valence-corrected chi connectivity index (χ3v) is 1.63. The monoisotopic (exact) mass is 159 g/mol. The summed E-state index contributed by atoms with van der Waals surface area (Å²) in [5, 5.41) is 0. The number of nitrogens with zero attached hydrogens (tertiary/aromatic N) is 1. The minimum absolute atomic E-state index is 0.142. The highest BCUT2D eigenvalue weighted by Gasteiger charge is 2.27. The second-order valence-corrected chi connectivity index (χ2v) is 2.28. The molecular formula is C8H17NO2.